The highest BCUT2D eigenvalue weighted by Crippen LogP contribution is 2.24. The summed E-state index contributed by atoms with van der Waals surface area (Å²) in [6.07, 6.45) is 1.67. The molecular weight excluding hydrogens is 312 g/mol. The number of hydrogen-bond donors (Lipinski definition) is 2. The van der Waals surface area contributed by atoms with Crippen molar-refractivity contribution in [1.29, 1.82) is 0 Å². The number of aryl methyl sites for hydroxylation is 1. The average molecular weight is 331 g/mol. The van der Waals surface area contributed by atoms with Crippen LogP contribution in [-0.2, 0) is 4.79 Å². The lowest BCUT2D eigenvalue weighted by Gasteiger charge is -2.13. The zero-order chi connectivity index (χ0) is 16.7. The van der Waals surface area contributed by atoms with E-state index in [1.807, 2.05) is 37.3 Å². The van der Waals surface area contributed by atoms with Gasteiger partial charge in [-0.15, -0.1) is 0 Å². The lowest BCUT2D eigenvalue weighted by molar-refractivity contribution is -0.114. The van der Waals surface area contributed by atoms with Gasteiger partial charge in [0.05, 0.1) is 12.2 Å². The maximum absolute atomic E-state index is 12.1. The Labute approximate surface area is 141 Å². The number of rotatable bonds is 7. The van der Waals surface area contributed by atoms with Crippen molar-refractivity contribution < 1.29 is 9.53 Å². The van der Waals surface area contributed by atoms with Crippen LogP contribution in [0.15, 0.2) is 55.1 Å². The summed E-state index contributed by atoms with van der Waals surface area (Å²) in [5.41, 5.74) is 2.42. The third-order valence-electron chi connectivity index (χ3n) is 3.16. The van der Waals surface area contributed by atoms with Gasteiger partial charge in [-0.3, -0.25) is 4.79 Å². The van der Waals surface area contributed by atoms with Gasteiger partial charge in [0.2, 0.25) is 5.91 Å². The van der Waals surface area contributed by atoms with Gasteiger partial charge in [-0.25, -0.2) is 0 Å². The summed E-state index contributed by atoms with van der Waals surface area (Å²) in [6, 6.07) is 12.8. The van der Waals surface area contributed by atoms with Crippen molar-refractivity contribution in [2.45, 2.75) is 6.92 Å². The third kappa shape index (κ3) is 5.04. The van der Waals surface area contributed by atoms with Crippen LogP contribution >= 0.6 is 11.6 Å². The Kier molecular flexibility index (Phi) is 6.06. The maximum Gasteiger partial charge on any atom is 0.243 e. The number of amides is 1. The molecule has 0 atom stereocenters. The highest BCUT2D eigenvalue weighted by atomic mass is 35.5. The number of hydrogen-bond acceptors (Lipinski definition) is 3. The monoisotopic (exact) mass is 330 g/mol. The van der Waals surface area contributed by atoms with Crippen molar-refractivity contribution in [1.82, 2.24) is 0 Å². The van der Waals surface area contributed by atoms with Crippen LogP contribution in [0.2, 0.25) is 5.02 Å². The molecular formula is C18H19ClN2O2. The van der Waals surface area contributed by atoms with E-state index in [2.05, 4.69) is 17.2 Å². The Bertz CT molecular complexity index is 701. The van der Waals surface area contributed by atoms with Gasteiger partial charge in [0.1, 0.15) is 12.4 Å². The normalized spacial score (nSPS) is 10.0. The molecule has 2 rings (SSSR count). The summed E-state index contributed by atoms with van der Waals surface area (Å²) in [5, 5.41) is 6.50. The fraction of sp³-hybridized carbons (Fsp3) is 0.167. The number of benzene rings is 2. The van der Waals surface area contributed by atoms with Gasteiger partial charge in [0.15, 0.2) is 0 Å². The summed E-state index contributed by atoms with van der Waals surface area (Å²) in [6.45, 7) is 6.07. The van der Waals surface area contributed by atoms with Crippen LogP contribution in [0.1, 0.15) is 5.56 Å². The fourth-order valence-corrected chi connectivity index (χ4v) is 2.16. The second-order valence-electron chi connectivity index (χ2n) is 4.96. The van der Waals surface area contributed by atoms with Crippen molar-refractivity contribution in [2.75, 3.05) is 23.8 Å². The van der Waals surface area contributed by atoms with Crippen LogP contribution in [-0.4, -0.2) is 19.1 Å². The third-order valence-corrected chi connectivity index (χ3v) is 3.39. The molecule has 2 aromatic rings. The van der Waals surface area contributed by atoms with Gasteiger partial charge in [0, 0.05) is 10.7 Å². The number of carbonyl (C=O) groups excluding carboxylic acids is 1. The first-order valence-corrected chi connectivity index (χ1v) is 7.60. The number of anilines is 2. The Balaban J connectivity index is 1.97. The first kappa shape index (κ1) is 16.9. The number of nitrogens with one attached hydrogen (secondary N) is 2. The molecule has 23 heavy (non-hydrogen) atoms. The Morgan fingerprint density at radius 1 is 1.26 bits per heavy atom. The minimum atomic E-state index is -0.158. The van der Waals surface area contributed by atoms with E-state index in [4.69, 9.17) is 16.3 Å². The van der Waals surface area contributed by atoms with Gasteiger partial charge < -0.3 is 15.4 Å². The minimum absolute atomic E-state index is 0.125. The second-order valence-corrected chi connectivity index (χ2v) is 5.39. The van der Waals surface area contributed by atoms with Gasteiger partial charge in [-0.1, -0.05) is 42.5 Å². The molecule has 0 bridgehead atoms. The smallest absolute Gasteiger partial charge is 0.243 e. The molecule has 0 saturated carbocycles. The summed E-state index contributed by atoms with van der Waals surface area (Å²) >= 11 is 5.95. The van der Waals surface area contributed by atoms with Crippen LogP contribution in [0.3, 0.4) is 0 Å². The van der Waals surface area contributed by atoms with Crippen molar-refractivity contribution in [2.24, 2.45) is 0 Å². The van der Waals surface area contributed by atoms with Crippen LogP contribution in [0.4, 0.5) is 11.4 Å². The lowest BCUT2D eigenvalue weighted by atomic mass is 10.2. The fourth-order valence-electron chi connectivity index (χ4n) is 1.99. The molecule has 2 aromatic carbocycles. The van der Waals surface area contributed by atoms with Crippen LogP contribution < -0.4 is 15.4 Å². The van der Waals surface area contributed by atoms with E-state index in [1.165, 1.54) is 0 Å². The van der Waals surface area contributed by atoms with E-state index in [0.717, 1.165) is 11.3 Å². The van der Waals surface area contributed by atoms with E-state index in [1.54, 1.807) is 18.2 Å². The van der Waals surface area contributed by atoms with Crippen molar-refractivity contribution in [3.63, 3.8) is 0 Å². The maximum atomic E-state index is 12.1. The van der Waals surface area contributed by atoms with Gasteiger partial charge in [-0.05, 0) is 36.8 Å². The Morgan fingerprint density at radius 2 is 2.04 bits per heavy atom. The summed E-state index contributed by atoms with van der Waals surface area (Å²) in [7, 11) is 0. The molecule has 0 aliphatic rings. The molecule has 0 aromatic heterocycles. The summed E-state index contributed by atoms with van der Waals surface area (Å²) in [5.74, 6) is 0.521. The zero-order valence-corrected chi connectivity index (χ0v) is 13.7. The molecule has 1 amide bonds. The number of para-hydroxylation sites is 2. The molecule has 0 saturated heterocycles. The van der Waals surface area contributed by atoms with Crippen LogP contribution in [0.25, 0.3) is 0 Å². The first-order chi connectivity index (χ1) is 11.1. The quantitative estimate of drug-likeness (QED) is 0.746. The molecule has 0 spiro atoms. The molecule has 2 N–H and O–H groups in total. The number of carbonyl (C=O) groups is 1. The van der Waals surface area contributed by atoms with Crippen molar-refractivity contribution in [3.05, 3.63) is 65.7 Å². The molecule has 120 valence electrons. The van der Waals surface area contributed by atoms with Gasteiger partial charge in [-0.2, -0.15) is 0 Å². The van der Waals surface area contributed by atoms with E-state index < -0.39 is 0 Å². The molecule has 5 heteroatoms. The van der Waals surface area contributed by atoms with Gasteiger partial charge >= 0.3 is 0 Å². The van der Waals surface area contributed by atoms with E-state index in [0.29, 0.717) is 23.1 Å². The molecule has 4 nitrogen and oxygen atoms in total. The zero-order valence-electron chi connectivity index (χ0n) is 12.9. The number of ether oxygens (including phenoxy) is 1. The Morgan fingerprint density at radius 3 is 2.83 bits per heavy atom. The molecule has 0 heterocycles. The predicted molar refractivity (Wildman–Crippen MR) is 95.4 cm³/mol. The molecule has 0 radical (unpaired) electrons. The van der Waals surface area contributed by atoms with E-state index >= 15 is 0 Å². The van der Waals surface area contributed by atoms with Crippen molar-refractivity contribution >= 4 is 28.9 Å². The molecule has 0 unspecified atom stereocenters. The van der Waals surface area contributed by atoms with E-state index in [-0.39, 0.29) is 12.5 Å². The predicted octanol–water partition coefficient (Wildman–Crippen LogP) is 4.26. The minimum Gasteiger partial charge on any atom is -0.487 e. The first-order valence-electron chi connectivity index (χ1n) is 7.22. The number of halogens is 1. The van der Waals surface area contributed by atoms with Crippen LogP contribution in [0, 0.1) is 6.92 Å². The highest BCUT2D eigenvalue weighted by Gasteiger charge is 2.07. The summed E-state index contributed by atoms with van der Waals surface area (Å²) in [4.78, 5) is 12.1. The standard InChI is InChI=1S/C18H19ClN2O2/c1-3-10-23-17-7-5-4-6-15(17)20-12-18(22)21-16-11-14(19)9-8-13(16)2/h3-9,11,20H,1,10,12H2,2H3,(H,21,22). The van der Waals surface area contributed by atoms with Crippen LogP contribution in [0.5, 0.6) is 5.75 Å². The second kappa shape index (κ2) is 8.25. The summed E-state index contributed by atoms with van der Waals surface area (Å²) < 4.78 is 5.54. The van der Waals surface area contributed by atoms with Gasteiger partial charge in [0.25, 0.3) is 0 Å². The Hall–Kier alpha value is -2.46. The van der Waals surface area contributed by atoms with E-state index in [9.17, 15) is 4.79 Å². The lowest BCUT2D eigenvalue weighted by Crippen LogP contribution is -2.22. The topological polar surface area (TPSA) is 50.4 Å². The SMILES string of the molecule is C=CCOc1ccccc1NCC(=O)Nc1cc(Cl)ccc1C. The highest BCUT2D eigenvalue weighted by molar-refractivity contribution is 6.31. The van der Waals surface area contributed by atoms with Crippen molar-refractivity contribution in [3.8, 4) is 5.75 Å². The molecule has 0 aliphatic carbocycles. The largest absolute Gasteiger partial charge is 0.487 e. The average Bonchev–Trinajstić information content (AvgIpc) is 2.55. The molecule has 0 fully saturated rings. The molecule has 0 aliphatic heterocycles.